The molecule has 0 bridgehead atoms. The zero-order valence-electron chi connectivity index (χ0n) is 17.2. The lowest BCUT2D eigenvalue weighted by Gasteiger charge is -2.31. The first-order chi connectivity index (χ1) is 13.7. The Labute approximate surface area is 172 Å². The molecule has 3 rings (SSSR count). The monoisotopic (exact) mass is 400 g/mol. The molecule has 1 saturated heterocycles. The van der Waals surface area contributed by atoms with E-state index in [1.807, 2.05) is 6.20 Å². The van der Waals surface area contributed by atoms with Crippen LogP contribution in [0.4, 0.5) is 0 Å². The van der Waals surface area contributed by atoms with Gasteiger partial charge in [0.25, 0.3) is 0 Å². The summed E-state index contributed by atoms with van der Waals surface area (Å²) in [5, 5.41) is 7.97. The topological polar surface area (TPSA) is 58.5 Å². The Bertz CT molecular complexity index is 756. The molecule has 1 aromatic heterocycles. The number of aromatic nitrogens is 1. The highest BCUT2D eigenvalue weighted by molar-refractivity contribution is 7.11. The van der Waals surface area contributed by atoms with Crippen molar-refractivity contribution in [3.8, 4) is 0 Å². The van der Waals surface area contributed by atoms with Crippen molar-refractivity contribution in [3.05, 3.63) is 51.5 Å². The summed E-state index contributed by atoms with van der Waals surface area (Å²) >= 11 is 1.76. The molecule has 28 heavy (non-hydrogen) atoms. The van der Waals surface area contributed by atoms with E-state index >= 15 is 0 Å². The molecule has 0 saturated carbocycles. The molecule has 152 valence electrons. The third-order valence-electron chi connectivity index (χ3n) is 4.98. The van der Waals surface area contributed by atoms with Gasteiger partial charge in [-0.1, -0.05) is 29.8 Å². The van der Waals surface area contributed by atoms with Gasteiger partial charge in [-0.2, -0.15) is 0 Å². The normalized spacial score (nSPS) is 20.2. The number of rotatable bonds is 7. The fraction of sp³-hybridized carbons (Fsp3) is 0.545. The number of aliphatic imine (C=N–C) groups is 1. The van der Waals surface area contributed by atoms with Crippen molar-refractivity contribution in [2.75, 3.05) is 26.2 Å². The highest BCUT2D eigenvalue weighted by atomic mass is 32.1. The van der Waals surface area contributed by atoms with E-state index in [9.17, 15) is 0 Å². The number of hydrogen-bond donors (Lipinski definition) is 2. The summed E-state index contributed by atoms with van der Waals surface area (Å²) in [7, 11) is 0. The zero-order chi connectivity index (χ0) is 19.8. The first kappa shape index (κ1) is 20.8. The number of ether oxygens (including phenoxy) is 1. The van der Waals surface area contributed by atoms with Crippen LogP contribution in [0.3, 0.4) is 0 Å². The first-order valence-corrected chi connectivity index (χ1v) is 11.1. The molecule has 0 aliphatic carbocycles. The molecule has 1 aliphatic heterocycles. The van der Waals surface area contributed by atoms with E-state index in [2.05, 4.69) is 60.7 Å². The van der Waals surface area contributed by atoms with E-state index in [-0.39, 0.29) is 6.10 Å². The van der Waals surface area contributed by atoms with Crippen molar-refractivity contribution >= 4 is 17.3 Å². The minimum atomic E-state index is 0.138. The van der Waals surface area contributed by atoms with Crippen LogP contribution < -0.4 is 10.6 Å². The van der Waals surface area contributed by atoms with Crippen LogP contribution in [0.5, 0.6) is 0 Å². The van der Waals surface area contributed by atoms with Gasteiger partial charge in [0.05, 0.1) is 11.1 Å². The Kier molecular flexibility index (Phi) is 7.86. The van der Waals surface area contributed by atoms with Crippen LogP contribution in [-0.2, 0) is 11.2 Å². The summed E-state index contributed by atoms with van der Waals surface area (Å²) in [6.45, 7) is 9.60. The Hall–Kier alpha value is -1.92. The predicted molar refractivity (Wildman–Crippen MR) is 117 cm³/mol. The molecule has 0 amide bonds. The Morgan fingerprint density at radius 3 is 2.79 bits per heavy atom. The van der Waals surface area contributed by atoms with Gasteiger partial charge in [0.15, 0.2) is 5.96 Å². The second-order valence-electron chi connectivity index (χ2n) is 7.37. The number of benzene rings is 1. The maximum absolute atomic E-state index is 6.13. The molecular weight excluding hydrogens is 368 g/mol. The van der Waals surface area contributed by atoms with Crippen LogP contribution in [0, 0.1) is 19.8 Å². The van der Waals surface area contributed by atoms with E-state index in [0.29, 0.717) is 5.92 Å². The summed E-state index contributed by atoms with van der Waals surface area (Å²) in [4.78, 5) is 10.6. The smallest absolute Gasteiger partial charge is 0.191 e. The lowest BCUT2D eigenvalue weighted by atomic mass is 9.89. The molecule has 2 heterocycles. The number of aryl methyl sites for hydroxylation is 2. The third kappa shape index (κ3) is 6.04. The lowest BCUT2D eigenvalue weighted by molar-refractivity contribution is -0.0250. The van der Waals surface area contributed by atoms with Gasteiger partial charge < -0.3 is 15.4 Å². The van der Waals surface area contributed by atoms with Crippen molar-refractivity contribution in [2.24, 2.45) is 10.9 Å². The van der Waals surface area contributed by atoms with E-state index < -0.39 is 0 Å². The van der Waals surface area contributed by atoms with Crippen LogP contribution in [-0.4, -0.2) is 37.2 Å². The van der Waals surface area contributed by atoms with E-state index in [1.165, 1.54) is 21.0 Å². The van der Waals surface area contributed by atoms with Crippen molar-refractivity contribution < 1.29 is 4.74 Å². The van der Waals surface area contributed by atoms with Crippen LogP contribution >= 0.6 is 11.3 Å². The summed E-state index contributed by atoms with van der Waals surface area (Å²) in [6, 6.07) is 8.72. The third-order valence-corrected chi connectivity index (χ3v) is 5.95. The average Bonchev–Trinajstić information content (AvgIpc) is 3.12. The van der Waals surface area contributed by atoms with E-state index in [4.69, 9.17) is 9.73 Å². The highest BCUT2D eigenvalue weighted by Crippen LogP contribution is 2.33. The maximum atomic E-state index is 6.13. The Morgan fingerprint density at radius 2 is 2.07 bits per heavy atom. The molecule has 0 spiro atoms. The molecule has 1 aliphatic rings. The highest BCUT2D eigenvalue weighted by Gasteiger charge is 2.27. The number of thiazole rings is 1. The van der Waals surface area contributed by atoms with Gasteiger partial charge in [0, 0.05) is 49.7 Å². The van der Waals surface area contributed by atoms with Crippen LogP contribution in [0.1, 0.15) is 46.9 Å². The van der Waals surface area contributed by atoms with Crippen LogP contribution in [0.25, 0.3) is 0 Å². The van der Waals surface area contributed by atoms with Gasteiger partial charge in [-0.05, 0) is 39.2 Å². The Morgan fingerprint density at radius 1 is 1.25 bits per heavy atom. The predicted octanol–water partition coefficient (Wildman–Crippen LogP) is 4.03. The molecule has 2 aromatic rings. The number of hydrogen-bond acceptors (Lipinski definition) is 4. The van der Waals surface area contributed by atoms with Gasteiger partial charge in [-0.25, -0.2) is 4.98 Å². The summed E-state index contributed by atoms with van der Waals surface area (Å²) in [5.41, 5.74) is 2.55. The number of guanidine groups is 1. The molecule has 2 N–H and O–H groups in total. The molecule has 0 radical (unpaired) electrons. The quantitative estimate of drug-likeness (QED) is 0.544. The van der Waals surface area contributed by atoms with Crippen LogP contribution in [0.15, 0.2) is 35.5 Å². The molecular formula is C22H32N4OS. The van der Waals surface area contributed by atoms with Gasteiger partial charge in [0.1, 0.15) is 0 Å². The summed E-state index contributed by atoms with van der Waals surface area (Å²) in [6.07, 6.45) is 5.25. The van der Waals surface area contributed by atoms with Gasteiger partial charge in [0.2, 0.25) is 0 Å². The van der Waals surface area contributed by atoms with Crippen molar-refractivity contribution in [3.63, 3.8) is 0 Å². The summed E-state index contributed by atoms with van der Waals surface area (Å²) < 4.78 is 6.13. The minimum absolute atomic E-state index is 0.138. The van der Waals surface area contributed by atoms with Crippen LogP contribution in [0.2, 0.25) is 0 Å². The maximum Gasteiger partial charge on any atom is 0.191 e. The standard InChI is InChI=1S/C22H32N4OS/c1-4-23-22(24-12-11-20-25-14-17(3)28-20)26-15-19-6-5-13-27-21(19)18-9-7-16(2)8-10-18/h7-10,14,19,21H,4-6,11-13,15H2,1-3H3,(H2,23,24,26). The second kappa shape index (κ2) is 10.6. The second-order valence-corrected chi connectivity index (χ2v) is 8.68. The minimum Gasteiger partial charge on any atom is -0.373 e. The van der Waals surface area contributed by atoms with Gasteiger partial charge in [-0.15, -0.1) is 11.3 Å². The molecule has 2 unspecified atom stereocenters. The average molecular weight is 401 g/mol. The molecule has 1 aromatic carbocycles. The van der Waals surface area contributed by atoms with E-state index in [0.717, 1.165) is 51.5 Å². The van der Waals surface area contributed by atoms with Gasteiger partial charge in [-0.3, -0.25) is 4.99 Å². The fourth-order valence-electron chi connectivity index (χ4n) is 3.51. The van der Waals surface area contributed by atoms with Gasteiger partial charge >= 0.3 is 0 Å². The molecule has 5 nitrogen and oxygen atoms in total. The molecule has 6 heteroatoms. The molecule has 1 fully saturated rings. The van der Waals surface area contributed by atoms with Crippen molar-refractivity contribution in [1.29, 1.82) is 0 Å². The van der Waals surface area contributed by atoms with Crippen molar-refractivity contribution in [1.82, 2.24) is 15.6 Å². The van der Waals surface area contributed by atoms with Crippen molar-refractivity contribution in [2.45, 2.75) is 46.1 Å². The fourth-order valence-corrected chi connectivity index (χ4v) is 4.30. The Balaban J connectivity index is 1.58. The summed E-state index contributed by atoms with van der Waals surface area (Å²) in [5.74, 6) is 1.29. The zero-order valence-corrected chi connectivity index (χ0v) is 18.0. The molecule has 2 atom stereocenters. The largest absolute Gasteiger partial charge is 0.373 e. The number of nitrogens with zero attached hydrogens (tertiary/aromatic N) is 2. The first-order valence-electron chi connectivity index (χ1n) is 10.3. The lowest BCUT2D eigenvalue weighted by Crippen LogP contribution is -2.39. The SMILES string of the molecule is CCNC(=NCC1CCCOC1c1ccc(C)cc1)NCCc1ncc(C)s1. The number of nitrogens with one attached hydrogen (secondary N) is 2. The van der Waals surface area contributed by atoms with E-state index in [1.54, 1.807) is 11.3 Å².